The van der Waals surface area contributed by atoms with Crippen LogP contribution >= 0.6 is 23.4 Å². The van der Waals surface area contributed by atoms with E-state index >= 15 is 0 Å². The third-order valence-corrected chi connectivity index (χ3v) is 2.18. The number of ether oxygens (including phenoxy) is 1. The molecular formula is C9H10ClOS. The van der Waals surface area contributed by atoms with Gasteiger partial charge < -0.3 is 4.74 Å². The highest BCUT2D eigenvalue weighted by molar-refractivity contribution is 7.98. The van der Waals surface area contributed by atoms with Crippen LogP contribution < -0.4 is 4.74 Å². The molecule has 0 aliphatic carbocycles. The Morgan fingerprint density at radius 1 is 1.58 bits per heavy atom. The van der Waals surface area contributed by atoms with Crippen LogP contribution in [0.4, 0.5) is 0 Å². The molecule has 1 aromatic carbocycles. The fourth-order valence-electron chi connectivity index (χ4n) is 0.787. The minimum Gasteiger partial charge on any atom is -0.492 e. The van der Waals surface area contributed by atoms with Gasteiger partial charge in [-0.25, -0.2) is 0 Å². The average molecular weight is 202 g/mol. The van der Waals surface area contributed by atoms with E-state index in [1.54, 1.807) is 11.8 Å². The Balaban J connectivity index is 2.60. The van der Waals surface area contributed by atoms with Crippen molar-refractivity contribution in [2.24, 2.45) is 0 Å². The predicted octanol–water partition coefficient (Wildman–Crippen LogP) is 2.83. The number of thioether (sulfide) groups is 1. The van der Waals surface area contributed by atoms with Crippen molar-refractivity contribution in [3.63, 3.8) is 0 Å². The van der Waals surface area contributed by atoms with Gasteiger partial charge in [0.05, 0.1) is 5.88 Å². The van der Waals surface area contributed by atoms with Crippen LogP contribution in [0.5, 0.6) is 5.75 Å². The van der Waals surface area contributed by atoms with Gasteiger partial charge in [-0.2, -0.15) is 0 Å². The molecule has 0 aliphatic rings. The van der Waals surface area contributed by atoms with Gasteiger partial charge in [0.1, 0.15) is 12.4 Å². The summed E-state index contributed by atoms with van der Waals surface area (Å²) in [6.07, 6.45) is 2.02. The summed E-state index contributed by atoms with van der Waals surface area (Å²) in [6, 6.07) is 8.72. The van der Waals surface area contributed by atoms with Crippen molar-refractivity contribution in [1.29, 1.82) is 0 Å². The summed E-state index contributed by atoms with van der Waals surface area (Å²) in [5.74, 6) is 1.35. The zero-order chi connectivity index (χ0) is 8.81. The first-order valence-electron chi connectivity index (χ1n) is 3.60. The Morgan fingerprint density at radius 3 is 3.08 bits per heavy atom. The minimum absolute atomic E-state index is 0.517. The molecule has 0 saturated carbocycles. The second-order valence-corrected chi connectivity index (χ2v) is 3.40. The standard InChI is InChI=1S/C9H10ClOS/c1-12-9-4-2-3-8(7-9)11-6-5-10/h3-4,7H,5-6H2,1H3. The maximum Gasteiger partial charge on any atom is 0.121 e. The highest BCUT2D eigenvalue weighted by Gasteiger charge is 1.94. The van der Waals surface area contributed by atoms with Gasteiger partial charge in [-0.3, -0.25) is 0 Å². The molecule has 0 unspecified atom stereocenters. The normalized spacial score (nSPS) is 9.83. The van der Waals surface area contributed by atoms with Gasteiger partial charge in [0, 0.05) is 4.90 Å². The lowest BCUT2D eigenvalue weighted by molar-refractivity contribution is 0.342. The maximum atomic E-state index is 5.48. The highest BCUT2D eigenvalue weighted by atomic mass is 35.5. The van der Waals surface area contributed by atoms with Crippen LogP contribution in [0.1, 0.15) is 0 Å². The lowest BCUT2D eigenvalue weighted by atomic mass is 10.3. The van der Waals surface area contributed by atoms with Crippen LogP contribution in [0.15, 0.2) is 23.1 Å². The molecule has 1 radical (unpaired) electrons. The molecule has 0 aliphatic heterocycles. The molecule has 12 heavy (non-hydrogen) atoms. The number of alkyl halides is 1. The molecule has 65 valence electrons. The molecule has 3 heteroatoms. The van der Waals surface area contributed by atoms with Gasteiger partial charge in [-0.05, 0) is 30.5 Å². The van der Waals surface area contributed by atoms with Crippen molar-refractivity contribution in [2.75, 3.05) is 18.7 Å². The Bertz CT molecular complexity index is 240. The number of rotatable bonds is 4. The minimum atomic E-state index is 0.517. The molecule has 1 nitrogen and oxygen atoms in total. The topological polar surface area (TPSA) is 9.23 Å². The lowest BCUT2D eigenvalue weighted by Gasteiger charge is -2.04. The number of hydrogen-bond acceptors (Lipinski definition) is 2. The maximum absolute atomic E-state index is 5.48. The quantitative estimate of drug-likeness (QED) is 0.547. The number of hydrogen-bond donors (Lipinski definition) is 0. The van der Waals surface area contributed by atoms with Crippen molar-refractivity contribution in [2.45, 2.75) is 4.90 Å². The van der Waals surface area contributed by atoms with E-state index in [9.17, 15) is 0 Å². The molecule has 0 fully saturated rings. The molecule has 0 heterocycles. The van der Waals surface area contributed by atoms with Crippen LogP contribution in [0.3, 0.4) is 0 Å². The van der Waals surface area contributed by atoms with E-state index in [2.05, 4.69) is 6.07 Å². The monoisotopic (exact) mass is 201 g/mol. The fourth-order valence-corrected chi connectivity index (χ4v) is 1.28. The van der Waals surface area contributed by atoms with Crippen molar-refractivity contribution in [3.05, 3.63) is 24.3 Å². The third kappa shape index (κ3) is 2.95. The van der Waals surface area contributed by atoms with Crippen LogP contribution in [-0.4, -0.2) is 18.7 Å². The zero-order valence-corrected chi connectivity index (χ0v) is 8.41. The average Bonchev–Trinajstić information content (AvgIpc) is 2.15. The number of benzene rings is 1. The summed E-state index contributed by atoms with van der Waals surface area (Å²) in [6.45, 7) is 0.549. The van der Waals surface area contributed by atoms with E-state index in [1.165, 1.54) is 0 Å². The Kier molecular flexibility index (Phi) is 4.33. The molecule has 0 bridgehead atoms. The second kappa shape index (κ2) is 5.33. The highest BCUT2D eigenvalue weighted by Crippen LogP contribution is 2.20. The smallest absolute Gasteiger partial charge is 0.121 e. The van der Waals surface area contributed by atoms with E-state index < -0.39 is 0 Å². The van der Waals surface area contributed by atoms with E-state index in [0.717, 1.165) is 10.6 Å². The summed E-state index contributed by atoms with van der Waals surface area (Å²) in [5.41, 5.74) is 0. The molecule has 0 atom stereocenters. The van der Waals surface area contributed by atoms with E-state index in [-0.39, 0.29) is 0 Å². The largest absolute Gasteiger partial charge is 0.492 e. The summed E-state index contributed by atoms with van der Waals surface area (Å²) < 4.78 is 5.32. The molecule has 0 amide bonds. The number of halogens is 1. The molecule has 1 aromatic rings. The fraction of sp³-hybridized carbons (Fsp3) is 0.333. The molecule has 0 spiro atoms. The van der Waals surface area contributed by atoms with Crippen molar-refractivity contribution in [1.82, 2.24) is 0 Å². The lowest BCUT2D eigenvalue weighted by Crippen LogP contribution is -1.97. The first kappa shape index (κ1) is 9.75. The summed E-state index contributed by atoms with van der Waals surface area (Å²) in [4.78, 5) is 1.15. The van der Waals surface area contributed by atoms with E-state index in [0.29, 0.717) is 12.5 Å². The van der Waals surface area contributed by atoms with E-state index in [4.69, 9.17) is 16.3 Å². The van der Waals surface area contributed by atoms with Crippen molar-refractivity contribution < 1.29 is 4.74 Å². The summed E-state index contributed by atoms with van der Waals surface area (Å²) in [5, 5.41) is 0. The van der Waals surface area contributed by atoms with Crippen molar-refractivity contribution in [3.8, 4) is 5.75 Å². The molecule has 0 N–H and O–H groups in total. The Labute approximate surface area is 82.1 Å². The van der Waals surface area contributed by atoms with Crippen molar-refractivity contribution >= 4 is 23.4 Å². The van der Waals surface area contributed by atoms with Gasteiger partial charge in [-0.15, -0.1) is 23.4 Å². The van der Waals surface area contributed by atoms with Gasteiger partial charge in [0.2, 0.25) is 0 Å². The van der Waals surface area contributed by atoms with Crippen LogP contribution in [-0.2, 0) is 0 Å². The van der Waals surface area contributed by atoms with Gasteiger partial charge in [-0.1, -0.05) is 0 Å². The van der Waals surface area contributed by atoms with Crippen LogP contribution in [0, 0.1) is 6.07 Å². The molecule has 1 rings (SSSR count). The summed E-state index contributed by atoms with van der Waals surface area (Å²) >= 11 is 7.16. The summed E-state index contributed by atoms with van der Waals surface area (Å²) in [7, 11) is 0. The first-order chi connectivity index (χ1) is 5.86. The molecule has 0 aromatic heterocycles. The SMILES string of the molecule is CSc1c[c]cc(OCCCl)c1. The third-order valence-electron chi connectivity index (χ3n) is 1.32. The molecular weight excluding hydrogens is 192 g/mol. The van der Waals surface area contributed by atoms with Gasteiger partial charge >= 0.3 is 0 Å². The van der Waals surface area contributed by atoms with Gasteiger partial charge in [0.15, 0.2) is 0 Å². The van der Waals surface area contributed by atoms with Gasteiger partial charge in [0.25, 0.3) is 0 Å². The van der Waals surface area contributed by atoms with E-state index in [1.807, 2.05) is 24.5 Å². The first-order valence-corrected chi connectivity index (χ1v) is 5.36. The predicted molar refractivity (Wildman–Crippen MR) is 53.3 cm³/mol. The Morgan fingerprint density at radius 2 is 2.42 bits per heavy atom. The molecule has 0 saturated heterocycles. The van der Waals surface area contributed by atoms with Crippen LogP contribution in [0.25, 0.3) is 0 Å². The van der Waals surface area contributed by atoms with Crippen LogP contribution in [0.2, 0.25) is 0 Å². The second-order valence-electron chi connectivity index (χ2n) is 2.15. The Hall–Kier alpha value is -0.340. The zero-order valence-electron chi connectivity index (χ0n) is 6.84.